The molecule has 0 atom stereocenters. The van der Waals surface area contributed by atoms with Crippen molar-refractivity contribution < 1.29 is 0 Å². The van der Waals surface area contributed by atoms with E-state index in [2.05, 4.69) is 64.3 Å². The van der Waals surface area contributed by atoms with Crippen LogP contribution in [-0.2, 0) is 13.1 Å². The first kappa shape index (κ1) is 16.2. The van der Waals surface area contributed by atoms with Gasteiger partial charge < -0.3 is 4.90 Å². The van der Waals surface area contributed by atoms with Gasteiger partial charge in [0.15, 0.2) is 0 Å². The Morgan fingerprint density at radius 2 is 1.78 bits per heavy atom. The maximum Gasteiger partial charge on any atom is 0.0543 e. The lowest BCUT2D eigenvalue weighted by Gasteiger charge is -2.33. The number of piperidine rings is 1. The number of benzene rings is 1. The largest absolute Gasteiger partial charge is 0.302 e. The summed E-state index contributed by atoms with van der Waals surface area (Å²) in [6, 6.07) is 16.9. The Kier molecular flexibility index (Phi) is 5.78. The summed E-state index contributed by atoms with van der Waals surface area (Å²) in [5, 5.41) is 0. The molecule has 1 aromatic heterocycles. The van der Waals surface area contributed by atoms with Gasteiger partial charge >= 0.3 is 0 Å². The fraction of sp³-hybridized carbons (Fsp3) is 0.450. The average Bonchev–Trinajstić information content (AvgIpc) is 2.58. The van der Waals surface area contributed by atoms with Crippen LogP contribution in [0.2, 0.25) is 0 Å². The van der Waals surface area contributed by atoms with Gasteiger partial charge in [-0.15, -0.1) is 0 Å². The first-order chi connectivity index (χ1) is 11.3. The quantitative estimate of drug-likeness (QED) is 0.815. The predicted octanol–water partition coefficient (Wildman–Crippen LogP) is 3.43. The van der Waals surface area contributed by atoms with Gasteiger partial charge in [0.1, 0.15) is 0 Å². The Morgan fingerprint density at radius 3 is 2.48 bits per heavy atom. The van der Waals surface area contributed by atoms with E-state index in [-0.39, 0.29) is 0 Å². The Balaban J connectivity index is 1.40. The minimum atomic E-state index is 0.823. The van der Waals surface area contributed by atoms with Gasteiger partial charge in [0.05, 0.1) is 5.69 Å². The van der Waals surface area contributed by atoms with Gasteiger partial charge in [0.25, 0.3) is 0 Å². The predicted molar refractivity (Wildman–Crippen MR) is 95.0 cm³/mol. The summed E-state index contributed by atoms with van der Waals surface area (Å²) in [7, 11) is 2.24. The minimum absolute atomic E-state index is 0.823. The number of pyridine rings is 1. The van der Waals surface area contributed by atoms with Crippen LogP contribution in [0.1, 0.15) is 24.1 Å². The van der Waals surface area contributed by atoms with Crippen molar-refractivity contribution in [1.29, 1.82) is 0 Å². The third-order valence-corrected chi connectivity index (χ3v) is 4.68. The standard InChI is InChI=1S/C20H27N3/c1-22(15-18-7-3-2-4-8-18)16-19-10-13-23(14-11-19)17-20-9-5-6-12-21-20/h2-9,12,19H,10-11,13-17H2,1H3. The molecule has 0 saturated carbocycles. The Bertz CT molecular complexity index is 562. The molecular formula is C20H27N3. The normalized spacial score (nSPS) is 16.8. The van der Waals surface area contributed by atoms with E-state index < -0.39 is 0 Å². The molecule has 122 valence electrons. The van der Waals surface area contributed by atoms with Gasteiger partial charge in [-0.3, -0.25) is 9.88 Å². The Labute approximate surface area is 140 Å². The van der Waals surface area contributed by atoms with Crippen molar-refractivity contribution in [3.05, 3.63) is 66.0 Å². The molecule has 23 heavy (non-hydrogen) atoms. The summed E-state index contributed by atoms with van der Waals surface area (Å²) in [5.74, 6) is 0.823. The van der Waals surface area contributed by atoms with E-state index in [0.29, 0.717) is 0 Å². The van der Waals surface area contributed by atoms with Crippen molar-refractivity contribution in [3.8, 4) is 0 Å². The number of hydrogen-bond donors (Lipinski definition) is 0. The lowest BCUT2D eigenvalue weighted by molar-refractivity contribution is 0.146. The van der Waals surface area contributed by atoms with Gasteiger partial charge in [0, 0.05) is 25.8 Å². The van der Waals surface area contributed by atoms with Crippen LogP contribution in [0.15, 0.2) is 54.7 Å². The highest BCUT2D eigenvalue weighted by Crippen LogP contribution is 2.20. The molecule has 3 heteroatoms. The third-order valence-electron chi connectivity index (χ3n) is 4.68. The molecule has 1 fully saturated rings. The second kappa shape index (κ2) is 8.23. The summed E-state index contributed by atoms with van der Waals surface area (Å²) in [4.78, 5) is 9.44. The van der Waals surface area contributed by atoms with Crippen LogP contribution in [0.3, 0.4) is 0 Å². The molecule has 3 rings (SSSR count). The Morgan fingerprint density at radius 1 is 1.04 bits per heavy atom. The highest BCUT2D eigenvalue weighted by atomic mass is 15.1. The van der Waals surface area contributed by atoms with Crippen molar-refractivity contribution in [2.24, 2.45) is 5.92 Å². The van der Waals surface area contributed by atoms with Crippen LogP contribution in [0.5, 0.6) is 0 Å². The number of hydrogen-bond acceptors (Lipinski definition) is 3. The molecule has 0 N–H and O–H groups in total. The zero-order valence-corrected chi connectivity index (χ0v) is 14.1. The minimum Gasteiger partial charge on any atom is -0.302 e. The molecule has 3 nitrogen and oxygen atoms in total. The second-order valence-electron chi connectivity index (χ2n) is 6.72. The summed E-state index contributed by atoms with van der Waals surface area (Å²) in [5.41, 5.74) is 2.59. The zero-order chi connectivity index (χ0) is 15.9. The van der Waals surface area contributed by atoms with Crippen LogP contribution < -0.4 is 0 Å². The molecular weight excluding hydrogens is 282 g/mol. The van der Waals surface area contributed by atoms with E-state index in [1.54, 1.807) is 0 Å². The summed E-state index contributed by atoms with van der Waals surface area (Å²) in [6.07, 6.45) is 4.48. The fourth-order valence-corrected chi connectivity index (χ4v) is 3.45. The van der Waals surface area contributed by atoms with Crippen molar-refractivity contribution in [3.63, 3.8) is 0 Å². The summed E-state index contributed by atoms with van der Waals surface area (Å²) >= 11 is 0. The van der Waals surface area contributed by atoms with Gasteiger partial charge in [-0.25, -0.2) is 0 Å². The first-order valence-electron chi connectivity index (χ1n) is 8.64. The molecule has 0 bridgehead atoms. The van der Waals surface area contributed by atoms with Gasteiger partial charge in [-0.05, 0) is 56.6 Å². The molecule has 0 amide bonds. The van der Waals surface area contributed by atoms with Crippen molar-refractivity contribution in [1.82, 2.24) is 14.8 Å². The Hall–Kier alpha value is -1.71. The van der Waals surface area contributed by atoms with Gasteiger partial charge in [-0.1, -0.05) is 36.4 Å². The van der Waals surface area contributed by atoms with Gasteiger partial charge in [-0.2, -0.15) is 0 Å². The van der Waals surface area contributed by atoms with E-state index in [9.17, 15) is 0 Å². The summed E-state index contributed by atoms with van der Waals surface area (Å²) in [6.45, 7) is 5.63. The van der Waals surface area contributed by atoms with Crippen LogP contribution in [0.25, 0.3) is 0 Å². The third kappa shape index (κ3) is 5.15. The molecule has 1 aliphatic heterocycles. The van der Waals surface area contributed by atoms with E-state index in [0.717, 1.165) is 19.0 Å². The zero-order valence-electron chi connectivity index (χ0n) is 14.1. The topological polar surface area (TPSA) is 19.4 Å². The molecule has 2 heterocycles. The molecule has 0 spiro atoms. The highest BCUT2D eigenvalue weighted by molar-refractivity contribution is 5.14. The maximum atomic E-state index is 4.44. The van der Waals surface area contributed by atoms with Gasteiger partial charge in [0.2, 0.25) is 0 Å². The highest BCUT2D eigenvalue weighted by Gasteiger charge is 2.20. The SMILES string of the molecule is CN(Cc1ccccc1)CC1CCN(Cc2ccccn2)CC1. The number of aromatic nitrogens is 1. The average molecular weight is 309 g/mol. The van der Waals surface area contributed by atoms with E-state index >= 15 is 0 Å². The van der Waals surface area contributed by atoms with Crippen molar-refractivity contribution in [2.75, 3.05) is 26.7 Å². The van der Waals surface area contributed by atoms with Crippen LogP contribution in [-0.4, -0.2) is 41.5 Å². The summed E-state index contributed by atoms with van der Waals surface area (Å²) < 4.78 is 0. The molecule has 0 aliphatic carbocycles. The first-order valence-corrected chi connectivity index (χ1v) is 8.64. The van der Waals surface area contributed by atoms with Crippen molar-refractivity contribution in [2.45, 2.75) is 25.9 Å². The van der Waals surface area contributed by atoms with Crippen LogP contribution >= 0.6 is 0 Å². The molecule has 1 saturated heterocycles. The lowest BCUT2D eigenvalue weighted by atomic mass is 9.96. The number of nitrogens with zero attached hydrogens (tertiary/aromatic N) is 3. The molecule has 1 aromatic carbocycles. The van der Waals surface area contributed by atoms with Crippen molar-refractivity contribution >= 4 is 0 Å². The lowest BCUT2D eigenvalue weighted by Crippen LogP contribution is -2.37. The fourth-order valence-electron chi connectivity index (χ4n) is 3.45. The number of likely N-dealkylation sites (tertiary alicyclic amines) is 1. The molecule has 0 unspecified atom stereocenters. The van der Waals surface area contributed by atoms with E-state index in [1.807, 2.05) is 12.3 Å². The van der Waals surface area contributed by atoms with Crippen LogP contribution in [0.4, 0.5) is 0 Å². The molecule has 0 radical (unpaired) electrons. The smallest absolute Gasteiger partial charge is 0.0543 e. The van der Waals surface area contributed by atoms with E-state index in [1.165, 1.54) is 43.7 Å². The molecule has 2 aromatic rings. The van der Waals surface area contributed by atoms with Crippen LogP contribution in [0, 0.1) is 5.92 Å². The molecule has 1 aliphatic rings. The van der Waals surface area contributed by atoms with E-state index in [4.69, 9.17) is 0 Å². The number of rotatable bonds is 6. The second-order valence-corrected chi connectivity index (χ2v) is 6.72. The monoisotopic (exact) mass is 309 g/mol. The maximum absolute atomic E-state index is 4.44.